The van der Waals surface area contributed by atoms with Gasteiger partial charge in [-0.3, -0.25) is 19.3 Å². The number of rotatable bonds is 7. The molecule has 0 aliphatic carbocycles. The van der Waals surface area contributed by atoms with Gasteiger partial charge in [0.15, 0.2) is 11.5 Å². The van der Waals surface area contributed by atoms with Crippen molar-refractivity contribution < 1.29 is 23.9 Å². The van der Waals surface area contributed by atoms with Crippen LogP contribution in [0.25, 0.3) is 6.08 Å². The number of halogens is 1. The third-order valence-electron chi connectivity index (χ3n) is 5.40. The lowest BCUT2D eigenvalue weighted by Crippen LogP contribution is -2.40. The Labute approximate surface area is 210 Å². The van der Waals surface area contributed by atoms with Gasteiger partial charge in [0.1, 0.15) is 13.2 Å². The maximum absolute atomic E-state index is 12.8. The van der Waals surface area contributed by atoms with Crippen molar-refractivity contribution in [2.75, 3.05) is 26.7 Å². The Morgan fingerprint density at radius 3 is 2.58 bits per heavy atom. The van der Waals surface area contributed by atoms with Crippen LogP contribution in [-0.2, 0) is 16.2 Å². The molecule has 2 aromatic carbocycles. The topological polar surface area (TPSA) is 76.2 Å². The normalized spacial score (nSPS) is 17.2. The van der Waals surface area contributed by atoms with E-state index >= 15 is 0 Å². The minimum absolute atomic E-state index is 0.188. The van der Waals surface area contributed by atoms with E-state index in [2.05, 4.69) is 22.6 Å². The summed E-state index contributed by atoms with van der Waals surface area (Å²) in [7, 11) is 1.56. The van der Waals surface area contributed by atoms with Crippen molar-refractivity contribution in [3.8, 4) is 11.5 Å². The molecule has 0 saturated carbocycles. The van der Waals surface area contributed by atoms with Crippen LogP contribution in [0.4, 0.5) is 4.79 Å². The average molecular weight is 578 g/mol. The standard InChI is InChI=1S/C24H23IN2O5S/c1-31-19-12-17(11-18(25)22(19)32-15-16-7-3-2-4-8-16)13-20-23(29)27(24(30)33-20)14-21(28)26-9-5-6-10-26/h2-4,7-8,11-13H,5-6,9-10,14-15H2,1H3/b20-13+. The first-order valence-electron chi connectivity index (χ1n) is 10.5. The Morgan fingerprint density at radius 2 is 1.88 bits per heavy atom. The van der Waals surface area contributed by atoms with Crippen LogP contribution in [0.5, 0.6) is 11.5 Å². The number of nitrogens with zero attached hydrogens (tertiary/aromatic N) is 2. The largest absolute Gasteiger partial charge is 0.493 e. The lowest BCUT2D eigenvalue weighted by atomic mass is 10.1. The van der Waals surface area contributed by atoms with Gasteiger partial charge in [0.25, 0.3) is 11.1 Å². The zero-order chi connectivity index (χ0) is 23.4. The van der Waals surface area contributed by atoms with E-state index in [0.717, 1.165) is 38.6 Å². The van der Waals surface area contributed by atoms with E-state index in [1.165, 1.54) is 0 Å². The fourth-order valence-corrected chi connectivity index (χ4v) is 5.30. The number of hydrogen-bond acceptors (Lipinski definition) is 6. The van der Waals surface area contributed by atoms with Crippen LogP contribution in [-0.4, -0.2) is 53.6 Å². The molecule has 4 rings (SSSR count). The summed E-state index contributed by atoms with van der Waals surface area (Å²) in [6.45, 7) is 1.55. The molecule has 7 nitrogen and oxygen atoms in total. The molecule has 2 aliphatic heterocycles. The molecule has 0 aromatic heterocycles. The highest BCUT2D eigenvalue weighted by Gasteiger charge is 2.37. The van der Waals surface area contributed by atoms with Crippen molar-refractivity contribution >= 4 is 57.5 Å². The van der Waals surface area contributed by atoms with E-state index in [1.54, 1.807) is 24.2 Å². The van der Waals surface area contributed by atoms with Crippen LogP contribution in [0.2, 0.25) is 0 Å². The molecule has 0 bridgehead atoms. The lowest BCUT2D eigenvalue weighted by Gasteiger charge is -2.18. The Morgan fingerprint density at radius 1 is 1.15 bits per heavy atom. The number of methoxy groups -OCH3 is 1. The third-order valence-corrected chi connectivity index (χ3v) is 7.11. The van der Waals surface area contributed by atoms with Gasteiger partial charge in [-0.2, -0.15) is 0 Å². The smallest absolute Gasteiger partial charge is 0.294 e. The number of likely N-dealkylation sites (tertiary alicyclic amines) is 1. The number of carbonyl (C=O) groups is 3. The van der Waals surface area contributed by atoms with Gasteiger partial charge in [-0.05, 0) is 76.5 Å². The van der Waals surface area contributed by atoms with Crippen LogP contribution in [0.1, 0.15) is 24.0 Å². The van der Waals surface area contributed by atoms with Crippen molar-refractivity contribution in [1.82, 2.24) is 9.80 Å². The quantitative estimate of drug-likeness (QED) is 0.355. The number of hydrogen-bond donors (Lipinski definition) is 0. The zero-order valence-corrected chi connectivity index (χ0v) is 21.1. The molecule has 0 unspecified atom stereocenters. The summed E-state index contributed by atoms with van der Waals surface area (Å²) >= 11 is 3.01. The van der Waals surface area contributed by atoms with Gasteiger partial charge < -0.3 is 14.4 Å². The van der Waals surface area contributed by atoms with Crippen molar-refractivity contribution in [2.24, 2.45) is 0 Å². The highest BCUT2D eigenvalue weighted by molar-refractivity contribution is 14.1. The van der Waals surface area contributed by atoms with Gasteiger partial charge in [-0.15, -0.1) is 0 Å². The molecule has 0 N–H and O–H groups in total. The van der Waals surface area contributed by atoms with Crippen molar-refractivity contribution in [1.29, 1.82) is 0 Å². The molecule has 2 aromatic rings. The van der Waals surface area contributed by atoms with Crippen molar-refractivity contribution in [3.05, 3.63) is 62.1 Å². The summed E-state index contributed by atoms with van der Waals surface area (Å²) in [5.74, 6) is 0.513. The SMILES string of the molecule is COc1cc(/C=C2/SC(=O)N(CC(=O)N3CCCC3)C2=O)cc(I)c1OCc1ccccc1. The molecule has 9 heteroatoms. The molecular formula is C24H23IN2O5S. The predicted molar refractivity (Wildman–Crippen MR) is 135 cm³/mol. The van der Waals surface area contributed by atoms with E-state index in [9.17, 15) is 14.4 Å². The number of amides is 3. The van der Waals surface area contributed by atoms with E-state index in [1.807, 2.05) is 36.4 Å². The van der Waals surface area contributed by atoms with Gasteiger partial charge in [0.05, 0.1) is 15.6 Å². The lowest BCUT2D eigenvalue weighted by molar-refractivity contribution is -0.135. The number of ether oxygens (including phenoxy) is 2. The van der Waals surface area contributed by atoms with Crippen LogP contribution in [0.15, 0.2) is 47.4 Å². The first kappa shape index (κ1) is 23.6. The highest BCUT2D eigenvalue weighted by atomic mass is 127. The highest BCUT2D eigenvalue weighted by Crippen LogP contribution is 2.37. The van der Waals surface area contributed by atoms with Crippen LogP contribution >= 0.6 is 34.4 Å². The maximum Gasteiger partial charge on any atom is 0.294 e. The van der Waals surface area contributed by atoms with Crippen LogP contribution in [0, 0.1) is 3.57 Å². The van der Waals surface area contributed by atoms with E-state index < -0.39 is 11.1 Å². The summed E-state index contributed by atoms with van der Waals surface area (Å²) in [4.78, 5) is 40.7. The van der Waals surface area contributed by atoms with Gasteiger partial charge in [-0.25, -0.2) is 0 Å². The Kier molecular flexibility index (Phi) is 7.59. The number of imide groups is 1. The van der Waals surface area contributed by atoms with E-state index in [-0.39, 0.29) is 17.4 Å². The van der Waals surface area contributed by atoms with Gasteiger partial charge >= 0.3 is 0 Å². The summed E-state index contributed by atoms with van der Waals surface area (Å²) in [6.07, 6.45) is 3.56. The monoisotopic (exact) mass is 578 g/mol. The Hall–Kier alpha value is -2.53. The summed E-state index contributed by atoms with van der Waals surface area (Å²) in [5.41, 5.74) is 1.75. The Bertz CT molecular complexity index is 1100. The zero-order valence-electron chi connectivity index (χ0n) is 18.1. The molecule has 2 heterocycles. The fourth-order valence-electron chi connectivity index (χ4n) is 3.68. The molecule has 0 atom stereocenters. The molecule has 2 fully saturated rings. The second-order valence-electron chi connectivity index (χ2n) is 7.66. The van der Waals surface area contributed by atoms with Crippen molar-refractivity contribution in [2.45, 2.75) is 19.4 Å². The minimum atomic E-state index is -0.448. The molecule has 33 heavy (non-hydrogen) atoms. The number of carbonyl (C=O) groups excluding carboxylic acids is 3. The summed E-state index contributed by atoms with van der Waals surface area (Å²) < 4.78 is 12.3. The predicted octanol–water partition coefficient (Wildman–Crippen LogP) is 4.54. The van der Waals surface area contributed by atoms with Gasteiger partial charge in [0.2, 0.25) is 5.91 Å². The van der Waals surface area contributed by atoms with Crippen LogP contribution in [0.3, 0.4) is 0 Å². The van der Waals surface area contributed by atoms with Crippen LogP contribution < -0.4 is 9.47 Å². The first-order chi connectivity index (χ1) is 16.0. The maximum atomic E-state index is 12.8. The molecular weight excluding hydrogens is 555 g/mol. The molecule has 0 spiro atoms. The molecule has 2 saturated heterocycles. The molecule has 172 valence electrons. The van der Waals surface area contributed by atoms with Crippen molar-refractivity contribution in [3.63, 3.8) is 0 Å². The number of thioether (sulfide) groups is 1. The molecule has 2 aliphatic rings. The minimum Gasteiger partial charge on any atom is -0.493 e. The first-order valence-corrected chi connectivity index (χ1v) is 12.4. The van der Waals surface area contributed by atoms with E-state index in [4.69, 9.17) is 9.47 Å². The Balaban J connectivity index is 1.49. The summed E-state index contributed by atoms with van der Waals surface area (Å²) in [5, 5.41) is -0.428. The van der Waals surface area contributed by atoms with Gasteiger partial charge in [0, 0.05) is 13.1 Å². The molecule has 0 radical (unpaired) electrons. The van der Waals surface area contributed by atoms with E-state index in [0.29, 0.717) is 36.8 Å². The second kappa shape index (κ2) is 10.6. The third kappa shape index (κ3) is 5.52. The van der Waals surface area contributed by atoms with Gasteiger partial charge in [-0.1, -0.05) is 30.3 Å². The summed E-state index contributed by atoms with van der Waals surface area (Å²) in [6, 6.07) is 13.5. The fraction of sp³-hybridized carbons (Fsp3) is 0.292. The second-order valence-corrected chi connectivity index (χ2v) is 9.82. The average Bonchev–Trinajstić information content (AvgIpc) is 3.44. The number of benzene rings is 2. The molecule has 3 amide bonds.